The molecule has 114 valence electrons. The zero-order chi connectivity index (χ0) is 16.1. The van der Waals surface area contributed by atoms with Crippen molar-refractivity contribution in [2.75, 3.05) is 0 Å². The van der Waals surface area contributed by atoms with Gasteiger partial charge in [0.2, 0.25) is 0 Å². The highest BCUT2D eigenvalue weighted by molar-refractivity contribution is 5.70. The average molecular weight is 304 g/mol. The number of halogens is 1. The van der Waals surface area contributed by atoms with Gasteiger partial charge in [-0.15, -0.1) is 0 Å². The van der Waals surface area contributed by atoms with Crippen LogP contribution in [0.2, 0.25) is 0 Å². The average Bonchev–Trinajstić information content (AvgIpc) is 2.49. The Morgan fingerprint density at radius 2 is 1.95 bits per heavy atom. The molecule has 0 radical (unpaired) electrons. The lowest BCUT2D eigenvalue weighted by Gasteiger charge is -2.09. The van der Waals surface area contributed by atoms with Crippen molar-refractivity contribution in [2.24, 2.45) is 0 Å². The summed E-state index contributed by atoms with van der Waals surface area (Å²) >= 11 is 0. The highest BCUT2D eigenvalue weighted by Crippen LogP contribution is 2.17. The molecule has 22 heavy (non-hydrogen) atoms. The first-order chi connectivity index (χ1) is 10.5. The van der Waals surface area contributed by atoms with Gasteiger partial charge in [-0.3, -0.25) is 10.1 Å². The Morgan fingerprint density at radius 1 is 1.27 bits per heavy atom. The molecule has 0 saturated carbocycles. The predicted molar refractivity (Wildman–Crippen MR) is 77.1 cm³/mol. The van der Waals surface area contributed by atoms with Gasteiger partial charge in [-0.2, -0.15) is 0 Å². The number of carbonyl (C=O) groups excluding carboxylic acids is 1. The summed E-state index contributed by atoms with van der Waals surface area (Å²) in [6.45, 7) is 1.74. The molecule has 2 aromatic rings. The third kappa shape index (κ3) is 3.78. The number of nitrogens with zero attached hydrogens (tertiary/aromatic N) is 1. The summed E-state index contributed by atoms with van der Waals surface area (Å²) in [5.41, 5.74) is 1.00. The Labute approximate surface area is 125 Å². The van der Waals surface area contributed by atoms with Crippen LogP contribution in [0.5, 0.6) is 5.75 Å². The molecule has 0 aromatic heterocycles. The maximum atomic E-state index is 13.4. The van der Waals surface area contributed by atoms with Crippen LogP contribution in [-0.2, 0) is 6.54 Å². The minimum atomic E-state index is -0.725. The second-order valence-electron chi connectivity index (χ2n) is 4.52. The van der Waals surface area contributed by atoms with Crippen LogP contribution in [0.3, 0.4) is 0 Å². The SMILES string of the molecule is Cc1c(F)cccc1CNC(=O)Oc1ccc([N+](=O)[O-])cc1. The van der Waals surface area contributed by atoms with Crippen molar-refractivity contribution >= 4 is 11.8 Å². The second kappa shape index (κ2) is 6.66. The van der Waals surface area contributed by atoms with E-state index >= 15 is 0 Å². The first kappa shape index (κ1) is 15.4. The zero-order valence-electron chi connectivity index (χ0n) is 11.7. The molecule has 2 aromatic carbocycles. The molecule has 0 heterocycles. The number of non-ortho nitro benzene ring substituents is 1. The maximum absolute atomic E-state index is 13.4. The summed E-state index contributed by atoms with van der Waals surface area (Å²) < 4.78 is 18.3. The lowest BCUT2D eigenvalue weighted by atomic mass is 10.1. The fourth-order valence-corrected chi connectivity index (χ4v) is 1.79. The lowest BCUT2D eigenvalue weighted by Crippen LogP contribution is -2.26. The maximum Gasteiger partial charge on any atom is 0.412 e. The molecule has 0 aliphatic rings. The molecule has 1 amide bonds. The Balaban J connectivity index is 1.93. The summed E-state index contributed by atoms with van der Waals surface area (Å²) in [6, 6.07) is 9.72. The highest BCUT2D eigenvalue weighted by atomic mass is 19.1. The molecule has 0 spiro atoms. The van der Waals surface area contributed by atoms with Crippen LogP contribution in [0.1, 0.15) is 11.1 Å². The Morgan fingerprint density at radius 3 is 2.59 bits per heavy atom. The Kier molecular flexibility index (Phi) is 4.67. The summed E-state index contributed by atoms with van der Waals surface area (Å²) in [5, 5.41) is 13.0. The van der Waals surface area contributed by atoms with E-state index in [-0.39, 0.29) is 23.8 Å². The van der Waals surface area contributed by atoms with Crippen LogP contribution >= 0.6 is 0 Å². The minimum absolute atomic E-state index is 0.0943. The van der Waals surface area contributed by atoms with Gasteiger partial charge < -0.3 is 10.1 Å². The van der Waals surface area contributed by atoms with Crippen LogP contribution in [0.15, 0.2) is 42.5 Å². The van der Waals surface area contributed by atoms with E-state index in [4.69, 9.17) is 4.74 Å². The second-order valence-corrected chi connectivity index (χ2v) is 4.52. The topological polar surface area (TPSA) is 81.5 Å². The minimum Gasteiger partial charge on any atom is -0.410 e. The van der Waals surface area contributed by atoms with E-state index in [0.717, 1.165) is 0 Å². The van der Waals surface area contributed by atoms with E-state index in [9.17, 15) is 19.3 Å². The number of hydrogen-bond donors (Lipinski definition) is 1. The van der Waals surface area contributed by atoms with Crippen LogP contribution < -0.4 is 10.1 Å². The molecule has 2 rings (SSSR count). The predicted octanol–water partition coefficient (Wildman–Crippen LogP) is 3.33. The molecule has 0 unspecified atom stereocenters. The number of nitro groups is 1. The van der Waals surface area contributed by atoms with Crippen molar-refractivity contribution in [3.8, 4) is 5.75 Å². The summed E-state index contributed by atoms with van der Waals surface area (Å²) in [4.78, 5) is 21.6. The lowest BCUT2D eigenvalue weighted by molar-refractivity contribution is -0.384. The molecular formula is C15H13FN2O4. The van der Waals surface area contributed by atoms with Gasteiger partial charge in [-0.25, -0.2) is 9.18 Å². The molecule has 0 saturated heterocycles. The number of rotatable bonds is 4. The van der Waals surface area contributed by atoms with Crippen LogP contribution in [-0.4, -0.2) is 11.0 Å². The summed E-state index contributed by atoms with van der Waals surface area (Å²) in [5.74, 6) is -0.165. The van der Waals surface area contributed by atoms with Crippen LogP contribution in [0, 0.1) is 22.9 Å². The standard InChI is InChI=1S/C15H13FN2O4/c1-10-11(3-2-4-14(10)16)9-17-15(19)22-13-7-5-12(6-8-13)18(20)21/h2-8H,9H2,1H3,(H,17,19). The number of ether oxygens (including phenoxy) is 1. The van der Waals surface area contributed by atoms with E-state index in [1.165, 1.54) is 30.3 Å². The van der Waals surface area contributed by atoms with Gasteiger partial charge >= 0.3 is 6.09 Å². The molecule has 7 heteroatoms. The van der Waals surface area contributed by atoms with Crippen molar-refractivity contribution in [2.45, 2.75) is 13.5 Å². The quantitative estimate of drug-likeness (QED) is 0.694. The number of carbonyl (C=O) groups is 1. The Bertz CT molecular complexity index is 701. The van der Waals surface area contributed by atoms with E-state index < -0.39 is 11.0 Å². The summed E-state index contributed by atoms with van der Waals surface area (Å²) in [6.07, 6.45) is -0.725. The molecule has 0 aliphatic heterocycles. The van der Waals surface area contributed by atoms with Gasteiger partial charge in [0.05, 0.1) is 4.92 Å². The molecule has 1 N–H and O–H groups in total. The van der Waals surface area contributed by atoms with Crippen molar-refractivity contribution in [1.29, 1.82) is 0 Å². The smallest absolute Gasteiger partial charge is 0.410 e. The van der Waals surface area contributed by atoms with Gasteiger partial charge in [0, 0.05) is 18.7 Å². The molecule has 0 aliphatic carbocycles. The van der Waals surface area contributed by atoms with E-state index in [1.54, 1.807) is 19.1 Å². The first-order valence-electron chi connectivity index (χ1n) is 6.41. The molecule has 0 fully saturated rings. The highest BCUT2D eigenvalue weighted by Gasteiger charge is 2.09. The third-order valence-electron chi connectivity index (χ3n) is 3.06. The van der Waals surface area contributed by atoms with Crippen molar-refractivity contribution in [1.82, 2.24) is 5.32 Å². The monoisotopic (exact) mass is 304 g/mol. The van der Waals surface area contributed by atoms with Gasteiger partial charge in [-0.05, 0) is 36.2 Å². The molecule has 0 bridgehead atoms. The van der Waals surface area contributed by atoms with Crippen molar-refractivity contribution in [3.05, 3.63) is 69.5 Å². The van der Waals surface area contributed by atoms with Crippen LogP contribution in [0.4, 0.5) is 14.9 Å². The third-order valence-corrected chi connectivity index (χ3v) is 3.06. The molecule has 0 atom stereocenters. The summed E-state index contributed by atoms with van der Waals surface area (Å²) in [7, 11) is 0. The number of nitrogens with one attached hydrogen (secondary N) is 1. The number of benzene rings is 2. The van der Waals surface area contributed by atoms with Crippen molar-refractivity contribution in [3.63, 3.8) is 0 Å². The fourth-order valence-electron chi connectivity index (χ4n) is 1.79. The van der Waals surface area contributed by atoms with Gasteiger partial charge in [0.15, 0.2) is 0 Å². The fraction of sp³-hybridized carbons (Fsp3) is 0.133. The Hall–Kier alpha value is -2.96. The van der Waals surface area contributed by atoms with E-state index in [1.807, 2.05) is 0 Å². The largest absolute Gasteiger partial charge is 0.412 e. The van der Waals surface area contributed by atoms with Gasteiger partial charge in [0.25, 0.3) is 5.69 Å². The molecule has 6 nitrogen and oxygen atoms in total. The van der Waals surface area contributed by atoms with E-state index in [2.05, 4.69) is 5.32 Å². The van der Waals surface area contributed by atoms with Gasteiger partial charge in [0.1, 0.15) is 11.6 Å². The molecular weight excluding hydrogens is 291 g/mol. The van der Waals surface area contributed by atoms with Gasteiger partial charge in [-0.1, -0.05) is 12.1 Å². The van der Waals surface area contributed by atoms with Crippen molar-refractivity contribution < 1.29 is 18.8 Å². The normalized spacial score (nSPS) is 10.1. The van der Waals surface area contributed by atoms with Crippen LogP contribution in [0.25, 0.3) is 0 Å². The number of amides is 1. The number of nitro benzene ring substituents is 1. The zero-order valence-corrected chi connectivity index (χ0v) is 11.7. The first-order valence-corrected chi connectivity index (χ1v) is 6.41. The van der Waals surface area contributed by atoms with E-state index in [0.29, 0.717) is 11.1 Å². The number of hydrogen-bond acceptors (Lipinski definition) is 4.